The van der Waals surface area contributed by atoms with E-state index in [0.29, 0.717) is 24.9 Å². The van der Waals surface area contributed by atoms with Crippen LogP contribution in [0.25, 0.3) is 6.08 Å². The second-order valence-electron chi connectivity index (χ2n) is 6.93. The predicted octanol–water partition coefficient (Wildman–Crippen LogP) is 4.61. The molecule has 0 aliphatic carbocycles. The molecule has 1 heterocycles. The highest BCUT2D eigenvalue weighted by Gasteiger charge is 2.08. The van der Waals surface area contributed by atoms with Gasteiger partial charge in [0.25, 0.3) is 0 Å². The van der Waals surface area contributed by atoms with E-state index in [2.05, 4.69) is 13.8 Å². The van der Waals surface area contributed by atoms with Crippen LogP contribution in [-0.4, -0.2) is 19.2 Å². The number of hydrogen-bond acceptors (Lipinski definition) is 6. The van der Waals surface area contributed by atoms with Gasteiger partial charge in [0, 0.05) is 17.7 Å². The molecule has 0 N–H and O–H groups in total. The molecule has 0 saturated heterocycles. The SMILES string of the molecule is CCCOc1ccccc1/C=C/C(=O)OCc1cc(=O)c(OCCC(C)C)co1. The van der Waals surface area contributed by atoms with Gasteiger partial charge in [0.1, 0.15) is 24.4 Å². The van der Waals surface area contributed by atoms with Crippen LogP contribution in [0.4, 0.5) is 0 Å². The Kier molecular flexibility index (Phi) is 9.02. The van der Waals surface area contributed by atoms with E-state index >= 15 is 0 Å². The minimum absolute atomic E-state index is 0.140. The summed E-state index contributed by atoms with van der Waals surface area (Å²) in [5, 5.41) is 0. The third-order valence-corrected chi connectivity index (χ3v) is 3.94. The number of benzene rings is 1. The van der Waals surface area contributed by atoms with Crippen LogP contribution in [0.2, 0.25) is 0 Å². The van der Waals surface area contributed by atoms with Gasteiger partial charge < -0.3 is 18.6 Å². The zero-order valence-electron chi connectivity index (χ0n) is 17.2. The highest BCUT2D eigenvalue weighted by atomic mass is 16.5. The molecule has 29 heavy (non-hydrogen) atoms. The fourth-order valence-electron chi connectivity index (χ4n) is 2.33. The molecule has 0 amide bonds. The molecule has 0 spiro atoms. The zero-order valence-corrected chi connectivity index (χ0v) is 17.2. The Bertz CT molecular complexity index is 866. The second kappa shape index (κ2) is 11.7. The summed E-state index contributed by atoms with van der Waals surface area (Å²) in [6.07, 6.45) is 5.94. The molecule has 0 radical (unpaired) electrons. The van der Waals surface area contributed by atoms with E-state index in [4.69, 9.17) is 18.6 Å². The topological polar surface area (TPSA) is 75.0 Å². The Balaban J connectivity index is 1.88. The monoisotopic (exact) mass is 400 g/mol. The second-order valence-corrected chi connectivity index (χ2v) is 6.93. The molecule has 0 aliphatic rings. The number of rotatable bonds is 11. The number of para-hydroxylation sites is 1. The summed E-state index contributed by atoms with van der Waals surface area (Å²) in [5.41, 5.74) is 0.482. The molecular weight excluding hydrogens is 372 g/mol. The van der Waals surface area contributed by atoms with Crippen LogP contribution in [0.15, 0.2) is 51.9 Å². The molecule has 0 bridgehead atoms. The van der Waals surface area contributed by atoms with Crippen molar-refractivity contribution in [2.24, 2.45) is 5.92 Å². The van der Waals surface area contributed by atoms with Crippen molar-refractivity contribution >= 4 is 12.0 Å². The lowest BCUT2D eigenvalue weighted by Gasteiger charge is -2.08. The standard InChI is InChI=1S/C23H28O6/c1-4-12-26-21-8-6-5-7-18(21)9-10-23(25)29-15-19-14-20(24)22(16-28-19)27-13-11-17(2)3/h5-10,14,16-17H,4,11-13,15H2,1-3H3/b10-9+. The maximum Gasteiger partial charge on any atom is 0.331 e. The van der Waals surface area contributed by atoms with E-state index in [-0.39, 0.29) is 23.5 Å². The van der Waals surface area contributed by atoms with Gasteiger partial charge in [-0.15, -0.1) is 0 Å². The van der Waals surface area contributed by atoms with Gasteiger partial charge >= 0.3 is 5.97 Å². The van der Waals surface area contributed by atoms with Crippen molar-refractivity contribution in [3.05, 3.63) is 64.2 Å². The normalized spacial score (nSPS) is 11.0. The number of esters is 1. The molecule has 2 rings (SSSR count). The van der Waals surface area contributed by atoms with Crippen LogP contribution >= 0.6 is 0 Å². The Morgan fingerprint density at radius 2 is 1.90 bits per heavy atom. The molecule has 1 aromatic carbocycles. The van der Waals surface area contributed by atoms with Crippen LogP contribution < -0.4 is 14.9 Å². The third-order valence-electron chi connectivity index (χ3n) is 3.94. The summed E-state index contributed by atoms with van der Waals surface area (Å²) in [6.45, 7) is 7.09. The fourth-order valence-corrected chi connectivity index (χ4v) is 2.33. The maximum absolute atomic E-state index is 12.0. The van der Waals surface area contributed by atoms with Crippen molar-refractivity contribution in [3.8, 4) is 11.5 Å². The summed E-state index contributed by atoms with van der Waals surface area (Å²) in [6, 6.07) is 8.71. The average molecular weight is 400 g/mol. The highest BCUT2D eigenvalue weighted by molar-refractivity contribution is 5.87. The first-order chi connectivity index (χ1) is 14.0. The molecule has 0 unspecified atom stereocenters. The third kappa shape index (κ3) is 7.86. The largest absolute Gasteiger partial charge is 0.493 e. The van der Waals surface area contributed by atoms with E-state index in [1.54, 1.807) is 6.08 Å². The molecular formula is C23H28O6. The van der Waals surface area contributed by atoms with E-state index in [0.717, 1.165) is 18.4 Å². The van der Waals surface area contributed by atoms with E-state index in [1.807, 2.05) is 31.2 Å². The molecule has 6 heteroatoms. The predicted molar refractivity (Wildman–Crippen MR) is 111 cm³/mol. The summed E-state index contributed by atoms with van der Waals surface area (Å²) < 4.78 is 21.5. The quantitative estimate of drug-likeness (QED) is 0.405. The number of carbonyl (C=O) groups is 1. The van der Waals surface area contributed by atoms with Crippen LogP contribution in [0.3, 0.4) is 0 Å². The van der Waals surface area contributed by atoms with E-state index < -0.39 is 5.97 Å². The maximum atomic E-state index is 12.0. The van der Waals surface area contributed by atoms with Crippen molar-refractivity contribution in [3.63, 3.8) is 0 Å². The molecule has 1 aromatic heterocycles. The molecule has 0 aliphatic heterocycles. The lowest BCUT2D eigenvalue weighted by Crippen LogP contribution is -2.11. The van der Waals surface area contributed by atoms with Gasteiger partial charge in [-0.1, -0.05) is 39.0 Å². The lowest BCUT2D eigenvalue weighted by atomic mass is 10.1. The van der Waals surface area contributed by atoms with Gasteiger partial charge in [-0.3, -0.25) is 4.79 Å². The van der Waals surface area contributed by atoms with Crippen molar-refractivity contribution in [2.45, 2.75) is 40.2 Å². The first-order valence-corrected chi connectivity index (χ1v) is 9.80. The fraction of sp³-hybridized carbons (Fsp3) is 0.391. The smallest absolute Gasteiger partial charge is 0.331 e. The first kappa shape index (κ1) is 22.3. The number of ether oxygens (including phenoxy) is 3. The molecule has 0 atom stereocenters. The minimum atomic E-state index is -0.546. The Labute approximate surface area is 171 Å². The van der Waals surface area contributed by atoms with E-state index in [9.17, 15) is 9.59 Å². The van der Waals surface area contributed by atoms with Gasteiger partial charge in [0.15, 0.2) is 0 Å². The zero-order chi connectivity index (χ0) is 21.1. The molecule has 0 saturated carbocycles. The van der Waals surface area contributed by atoms with Gasteiger partial charge in [-0.05, 0) is 30.9 Å². The van der Waals surface area contributed by atoms with Gasteiger partial charge in [-0.2, -0.15) is 0 Å². The van der Waals surface area contributed by atoms with E-state index in [1.165, 1.54) is 18.4 Å². The lowest BCUT2D eigenvalue weighted by molar-refractivity contribution is -0.139. The van der Waals surface area contributed by atoms with Crippen molar-refractivity contribution in [1.82, 2.24) is 0 Å². The highest BCUT2D eigenvalue weighted by Crippen LogP contribution is 2.19. The van der Waals surface area contributed by atoms with Crippen molar-refractivity contribution in [1.29, 1.82) is 0 Å². The van der Waals surface area contributed by atoms with Crippen LogP contribution in [0.1, 0.15) is 44.9 Å². The summed E-state index contributed by atoms with van der Waals surface area (Å²) in [7, 11) is 0. The Hall–Kier alpha value is -3.02. The minimum Gasteiger partial charge on any atom is -0.493 e. The van der Waals surface area contributed by atoms with Gasteiger partial charge in [0.2, 0.25) is 11.2 Å². The summed E-state index contributed by atoms with van der Waals surface area (Å²) in [4.78, 5) is 24.0. The molecule has 6 nitrogen and oxygen atoms in total. The van der Waals surface area contributed by atoms with Crippen LogP contribution in [-0.2, 0) is 16.1 Å². The van der Waals surface area contributed by atoms with Gasteiger partial charge in [-0.25, -0.2) is 4.79 Å². The average Bonchev–Trinajstić information content (AvgIpc) is 2.71. The summed E-state index contributed by atoms with van der Waals surface area (Å²) in [5.74, 6) is 1.05. The Morgan fingerprint density at radius 3 is 2.62 bits per heavy atom. The molecule has 156 valence electrons. The van der Waals surface area contributed by atoms with Crippen LogP contribution in [0.5, 0.6) is 11.5 Å². The molecule has 0 fully saturated rings. The van der Waals surface area contributed by atoms with Crippen molar-refractivity contribution in [2.75, 3.05) is 13.2 Å². The first-order valence-electron chi connectivity index (χ1n) is 9.80. The Morgan fingerprint density at radius 1 is 1.14 bits per heavy atom. The summed E-state index contributed by atoms with van der Waals surface area (Å²) >= 11 is 0. The number of hydrogen-bond donors (Lipinski definition) is 0. The van der Waals surface area contributed by atoms with Crippen molar-refractivity contribution < 1.29 is 23.4 Å². The number of carbonyl (C=O) groups excluding carboxylic acids is 1. The van der Waals surface area contributed by atoms with Crippen LogP contribution in [0, 0.1) is 5.92 Å². The molecule has 2 aromatic rings. The van der Waals surface area contributed by atoms with Gasteiger partial charge in [0.05, 0.1) is 13.2 Å².